The number of hydrazine groups is 1. The fraction of sp³-hybridized carbons (Fsp3) is 0.597. The number of nitrogens with one attached hydrogen (secondary N) is 10. The molecule has 0 radical (unpaired) electrons. The van der Waals surface area contributed by atoms with E-state index in [9.17, 15) is 107 Å². The Bertz CT molecular complexity index is 3840. The van der Waals surface area contributed by atoms with Crippen LogP contribution >= 0.6 is 32.9 Å². The van der Waals surface area contributed by atoms with Crippen molar-refractivity contribution in [2.45, 2.75) is 237 Å². The number of aliphatic carboxylic acids is 5. The number of nitrogens with zero attached hydrogens (tertiary/aromatic N) is 3. The van der Waals surface area contributed by atoms with Crippen LogP contribution in [0.2, 0.25) is 0 Å². The summed E-state index contributed by atoms with van der Waals surface area (Å²) in [6.07, 6.45) is -1.41. The predicted octanol–water partition coefficient (Wildman–Crippen LogP) is 4.12. The number of phenols is 1. The third-order valence-electron chi connectivity index (χ3n) is 19.2. The van der Waals surface area contributed by atoms with Gasteiger partial charge in [0.1, 0.15) is 65.4 Å². The number of hydrogen-bond donors (Lipinski definition) is 17. The van der Waals surface area contributed by atoms with Gasteiger partial charge in [0.05, 0.1) is 12.5 Å². The largest absolute Gasteiger partial charge is 0.508 e. The first-order valence-electron chi connectivity index (χ1n) is 39.0. The van der Waals surface area contributed by atoms with Crippen LogP contribution in [0.1, 0.15) is 190 Å². The van der Waals surface area contributed by atoms with E-state index in [4.69, 9.17) is 14.6 Å². The lowest BCUT2D eigenvalue weighted by Crippen LogP contribution is -2.59. The molecule has 11 amide bonds. The van der Waals surface area contributed by atoms with E-state index < -0.39 is 188 Å². The maximum Gasteiger partial charge on any atom is 0.426 e. The Morgan fingerprint density at radius 1 is 0.627 bits per heavy atom. The molecule has 2 aromatic carbocycles. The van der Waals surface area contributed by atoms with E-state index in [1.165, 1.54) is 22.4 Å². The zero-order chi connectivity index (χ0) is 87.7. The fourth-order valence-electron chi connectivity index (χ4n) is 12.4. The van der Waals surface area contributed by atoms with Gasteiger partial charge in [-0.05, 0) is 113 Å². The number of carboxylic acid groups (broad SMARTS) is 5. The van der Waals surface area contributed by atoms with Crippen molar-refractivity contribution in [3.63, 3.8) is 0 Å². The molecule has 1 saturated heterocycles. The number of likely N-dealkylation sites (N-methyl/N-ethyl adjacent to an activating group) is 1. The zero-order valence-electron chi connectivity index (χ0n) is 67.4. The highest BCUT2D eigenvalue weighted by Gasteiger charge is 2.40. The normalized spacial score (nSPS) is 15.7. The molecule has 1 aliphatic rings. The summed E-state index contributed by atoms with van der Waals surface area (Å²) < 4.78 is 10.9. The van der Waals surface area contributed by atoms with Gasteiger partial charge in [-0.1, -0.05) is 125 Å². The molecular weight excluding hydrogens is 1600 g/mol. The molecule has 1 aliphatic heterocycles. The Labute approximate surface area is 695 Å². The Balaban J connectivity index is 1.30. The molecule has 38 nitrogen and oxygen atoms in total. The number of aliphatic hydroxyl groups excluding tert-OH is 1. The minimum absolute atomic E-state index is 0.00421. The van der Waals surface area contributed by atoms with Crippen LogP contribution in [-0.4, -0.2) is 245 Å². The third kappa shape index (κ3) is 37.1. The van der Waals surface area contributed by atoms with Crippen LogP contribution in [0.15, 0.2) is 60.0 Å². The molecule has 654 valence electrons. The number of unbranched alkanes of at least 4 members (excludes halogenated alkanes) is 1. The van der Waals surface area contributed by atoms with Crippen molar-refractivity contribution >= 4 is 128 Å². The number of esters is 1. The zero-order valence-corrected chi connectivity index (χ0v) is 69.8. The van der Waals surface area contributed by atoms with Crippen molar-refractivity contribution < 1.29 is 122 Å². The van der Waals surface area contributed by atoms with Gasteiger partial charge in [-0.2, -0.15) is 0 Å². The second-order valence-corrected chi connectivity index (χ2v) is 32.7. The highest BCUT2D eigenvalue weighted by Crippen LogP contribution is 2.30. The van der Waals surface area contributed by atoms with E-state index in [1.54, 1.807) is 56.3 Å². The number of hydrogen-bond acceptors (Lipinski definition) is 25. The summed E-state index contributed by atoms with van der Waals surface area (Å²) in [5, 5.41) is 91.0. The highest BCUT2D eigenvalue weighted by atomic mass is 33.1. The summed E-state index contributed by atoms with van der Waals surface area (Å²) in [7, 11) is 3.89. The first-order valence-corrected chi connectivity index (χ1v) is 42.3. The molecule has 118 heavy (non-hydrogen) atoms. The summed E-state index contributed by atoms with van der Waals surface area (Å²) in [6.45, 7) is 12.4. The average Bonchev–Trinajstić information content (AvgIpc) is 1.75. The molecule has 1 fully saturated rings. The minimum atomic E-state index is -1.75. The van der Waals surface area contributed by atoms with Crippen molar-refractivity contribution in [3.05, 3.63) is 81.8 Å². The van der Waals surface area contributed by atoms with E-state index in [0.717, 1.165) is 52.3 Å². The molecule has 17 N–H and O–H groups in total. The number of benzene rings is 2. The number of rotatable bonds is 53. The smallest absolute Gasteiger partial charge is 0.426 e. The number of amides is 11. The first-order chi connectivity index (χ1) is 55.9. The molecule has 1 unspecified atom stereocenters. The Morgan fingerprint density at radius 2 is 1.26 bits per heavy atom. The quantitative estimate of drug-likeness (QED) is 0.0124. The molecule has 0 spiro atoms. The number of piperidine rings is 1. The van der Waals surface area contributed by atoms with E-state index in [1.807, 2.05) is 51.9 Å². The molecule has 3 aromatic rings. The summed E-state index contributed by atoms with van der Waals surface area (Å²) >= 11 is 0.996. The Kier molecular flexibility index (Phi) is 44.4. The second-order valence-electron chi connectivity index (χ2n) is 29.2. The van der Waals surface area contributed by atoms with Gasteiger partial charge in [-0.3, -0.25) is 63.1 Å². The number of urea groups is 1. The first kappa shape index (κ1) is 100.0. The van der Waals surface area contributed by atoms with E-state index in [-0.39, 0.29) is 123 Å². The lowest BCUT2D eigenvalue weighted by atomic mass is 9.92. The predicted molar refractivity (Wildman–Crippen MR) is 432 cm³/mol. The van der Waals surface area contributed by atoms with Gasteiger partial charge in [-0.25, -0.2) is 34.4 Å². The van der Waals surface area contributed by atoms with Crippen molar-refractivity contribution in [2.24, 2.45) is 17.8 Å². The van der Waals surface area contributed by atoms with Crippen LogP contribution in [0.25, 0.3) is 0 Å². The third-order valence-corrected chi connectivity index (χ3v) is 22.6. The number of aliphatic hydroxyl groups is 1. The van der Waals surface area contributed by atoms with Gasteiger partial charge in [0.25, 0.3) is 5.91 Å². The number of likely N-dealkylation sites (tertiary alicyclic amines) is 1. The molecule has 0 saturated carbocycles. The topological polar surface area (TPSA) is 573 Å². The van der Waals surface area contributed by atoms with Crippen LogP contribution < -0.4 is 53.4 Å². The van der Waals surface area contributed by atoms with Crippen molar-refractivity contribution in [3.8, 4) is 5.75 Å². The lowest BCUT2D eigenvalue weighted by Gasteiger charge is -2.39. The summed E-state index contributed by atoms with van der Waals surface area (Å²) in [4.78, 5) is 214. The van der Waals surface area contributed by atoms with Gasteiger partial charge >= 0.3 is 47.9 Å². The second kappa shape index (κ2) is 52.4. The van der Waals surface area contributed by atoms with Crippen LogP contribution in [0, 0.1) is 17.8 Å². The molecule has 0 aliphatic carbocycles. The Morgan fingerprint density at radius 3 is 1.88 bits per heavy atom. The van der Waals surface area contributed by atoms with Crippen LogP contribution in [-0.2, 0) is 84.6 Å². The number of phenolic OH excluding ortho intramolecular Hbond substituents is 1. The number of carboxylic acids is 5. The van der Waals surface area contributed by atoms with Gasteiger partial charge in [0.15, 0.2) is 6.73 Å². The van der Waals surface area contributed by atoms with Crippen molar-refractivity contribution in [1.29, 1.82) is 0 Å². The molecule has 2 heterocycles. The molecule has 41 heteroatoms. The Hall–Kier alpha value is -10.4. The van der Waals surface area contributed by atoms with E-state index >= 15 is 0 Å². The van der Waals surface area contributed by atoms with Crippen LogP contribution in [0.4, 0.5) is 9.59 Å². The monoisotopic (exact) mass is 1720 g/mol. The van der Waals surface area contributed by atoms with Crippen LogP contribution in [0.3, 0.4) is 0 Å². The fourth-order valence-corrected chi connectivity index (χ4v) is 15.2. The summed E-state index contributed by atoms with van der Waals surface area (Å²) in [5.41, 5.74) is 5.56. The standard InChI is InChI=1S/C77H113N13O25S3/c1-9-18-64(99)115-42-90(72(105)65(44(5)10-2)86-70(104)57-22-16-17-32-89(57)8)58(43(3)4)39-59(92)71-83-55(40-116-71)69(103)79-49(36-48-25-27-50(91)28-26-48)35-45(6)66(100)87-88-77(113)114-33-34-117-118-41-56(75(110)111)82-67(101)53(37-47-19-12-11-13-20-47)81-68(102)54(38-63(97)98)80-61(94)30-24-46(7)78-60(93)23-15-14-21-51(73(106)107)84-76(112)85-52(74(108)109)29-31-62(95)96/h11-13,19-20,25-28,40,43-46,49,51-54,56-59,65,91-92H,9-10,14-18,21-24,29-39,41-42H2,1-8H3,(H,78,93)(H,79,103)(H,80,94)(H,81,102)(H,82,101)(H,86,104)(H,87,100)(H,88,113)(H,95,96)(H,97,98)(H,106,107)(H,108,109)(H,110,111)(H2,84,85,112)/t44?,45-,46+,49+,51-,52-,53-,54-,56-,57+,58+,59+,65-/m0/s1. The number of aromatic hydroxyl groups is 1. The van der Waals surface area contributed by atoms with E-state index in [2.05, 4.69) is 53.1 Å². The maximum atomic E-state index is 14.8. The highest BCUT2D eigenvalue weighted by molar-refractivity contribution is 8.76. The van der Waals surface area contributed by atoms with Crippen molar-refractivity contribution in [1.82, 2.24) is 68.2 Å². The molecule has 0 bridgehead atoms. The van der Waals surface area contributed by atoms with Gasteiger partial charge in [0.2, 0.25) is 41.4 Å². The SMILES string of the molecule is CCCC(=O)OCN(C(=O)[C@@H](NC(=O)[C@H]1CCCCN1C)C(C)CC)[C@H](C[C@@H](O)c1nc(C(=O)N[C@@H](Cc2ccc(O)cc2)C[C@H](C)C(=O)NNC(=O)OCCSSC[C@H](NC(=O)[C@H](Cc2ccccc2)NC(=O)[C@H](CC(=O)O)NC(=O)CC[C@@H](C)NC(=O)CCCC[C@H](NC(=O)N[C@@H](CCC(=O)O)C(=O)O)C(=O)O)C(=O)O)cs1)C(C)C. The number of carbonyl (C=O) groups excluding carboxylic acids is 11. The van der Waals surface area contributed by atoms with Gasteiger partial charge < -0.3 is 92.7 Å². The molecular formula is C77H113N13O25S3. The van der Waals surface area contributed by atoms with Gasteiger partial charge in [0, 0.05) is 79.5 Å². The number of ether oxygens (including phenoxy) is 2. The number of thiazole rings is 1. The average molecular weight is 1720 g/mol. The molecule has 4 rings (SSSR count). The van der Waals surface area contributed by atoms with E-state index in [0.29, 0.717) is 30.4 Å². The summed E-state index contributed by atoms with van der Waals surface area (Å²) in [6, 6.07) is 1.64. The van der Waals surface area contributed by atoms with Gasteiger partial charge in [-0.15, -0.1) is 11.3 Å². The van der Waals surface area contributed by atoms with Crippen molar-refractivity contribution in [2.75, 3.05) is 38.4 Å². The molecule has 1 aromatic heterocycles. The number of aromatic nitrogens is 1. The number of carbonyl (C=O) groups is 16. The lowest BCUT2D eigenvalue weighted by molar-refractivity contribution is -0.159. The van der Waals surface area contributed by atoms with Crippen LogP contribution in [0.5, 0.6) is 5.75 Å². The minimum Gasteiger partial charge on any atom is -0.508 e. The summed E-state index contributed by atoms with van der Waals surface area (Å²) in [5.74, 6) is -15.1. The maximum absolute atomic E-state index is 14.8. The molecule has 13 atom stereocenters.